The summed E-state index contributed by atoms with van der Waals surface area (Å²) < 4.78 is 16.1. The molecule has 1 aliphatic rings. The molecule has 0 bridgehead atoms. The predicted octanol–water partition coefficient (Wildman–Crippen LogP) is 7.17. The number of esters is 1. The van der Waals surface area contributed by atoms with Crippen molar-refractivity contribution in [3.05, 3.63) is 70.1 Å². The van der Waals surface area contributed by atoms with Crippen molar-refractivity contribution in [3.63, 3.8) is 0 Å². The lowest BCUT2D eigenvalue weighted by atomic mass is 9.72. The third-order valence-electron chi connectivity index (χ3n) is 7.75. The number of ether oxygens (including phenoxy) is 3. The first-order chi connectivity index (χ1) is 19.1. The number of thiophene rings is 1. The van der Waals surface area contributed by atoms with Crippen molar-refractivity contribution < 1.29 is 23.8 Å². The van der Waals surface area contributed by atoms with Crippen molar-refractivity contribution in [1.82, 2.24) is 4.98 Å². The molecule has 1 amide bonds. The van der Waals surface area contributed by atoms with Gasteiger partial charge in [-0.05, 0) is 60.4 Å². The molecule has 5 rings (SSSR count). The standard InChI is InChI=1S/C32H34N2O5S/c1-32(2,3)18-11-13-22-27(15-18)40-30(28(22)31(36)39-6)34-29(35)23-17-25(33-24-10-8-7-9-20(23)24)21-14-12-19(37-4)16-26(21)38-5/h7-10,12,14,16-18H,11,13,15H2,1-6H3,(H,34,35)/t18-/m0/s1. The van der Waals surface area contributed by atoms with Crippen molar-refractivity contribution >= 4 is 39.1 Å². The molecule has 2 heterocycles. The number of methoxy groups -OCH3 is 3. The van der Waals surface area contributed by atoms with Crippen LogP contribution < -0.4 is 14.8 Å². The van der Waals surface area contributed by atoms with Gasteiger partial charge in [-0.1, -0.05) is 39.0 Å². The monoisotopic (exact) mass is 558 g/mol. The largest absolute Gasteiger partial charge is 0.497 e. The number of hydrogen-bond acceptors (Lipinski definition) is 7. The Morgan fingerprint density at radius 3 is 2.50 bits per heavy atom. The Bertz CT molecular complexity index is 1600. The molecule has 0 saturated carbocycles. The van der Waals surface area contributed by atoms with Gasteiger partial charge in [0.05, 0.1) is 43.7 Å². The van der Waals surface area contributed by atoms with Crippen LogP contribution in [0, 0.1) is 11.3 Å². The summed E-state index contributed by atoms with van der Waals surface area (Å²) in [4.78, 5) is 32.8. The number of hydrogen-bond donors (Lipinski definition) is 1. The highest BCUT2D eigenvalue weighted by molar-refractivity contribution is 7.17. The SMILES string of the molecule is COC(=O)c1c(NC(=O)c2cc(-c3ccc(OC)cc3OC)nc3ccccc23)sc2c1CC[C@H](C(C)(C)C)C2. The molecule has 0 spiro atoms. The summed E-state index contributed by atoms with van der Waals surface area (Å²) in [6, 6.07) is 14.8. The molecule has 0 saturated heterocycles. The van der Waals surface area contributed by atoms with Crippen molar-refractivity contribution in [1.29, 1.82) is 0 Å². The van der Waals surface area contributed by atoms with E-state index in [9.17, 15) is 9.59 Å². The molecule has 0 radical (unpaired) electrons. The predicted molar refractivity (Wildman–Crippen MR) is 159 cm³/mol. The Morgan fingerprint density at radius 1 is 1.02 bits per heavy atom. The van der Waals surface area contributed by atoms with Crippen LogP contribution in [0.3, 0.4) is 0 Å². The smallest absolute Gasteiger partial charge is 0.341 e. The lowest BCUT2D eigenvalue weighted by molar-refractivity contribution is 0.0600. The van der Waals surface area contributed by atoms with E-state index in [2.05, 4.69) is 26.1 Å². The van der Waals surface area contributed by atoms with E-state index in [0.29, 0.717) is 50.1 Å². The lowest BCUT2D eigenvalue weighted by Gasteiger charge is -2.33. The Balaban J connectivity index is 1.58. The van der Waals surface area contributed by atoms with E-state index < -0.39 is 5.97 Å². The number of anilines is 1. The number of nitrogens with one attached hydrogen (secondary N) is 1. The van der Waals surface area contributed by atoms with Crippen LogP contribution in [0.1, 0.15) is 58.3 Å². The minimum atomic E-state index is -0.426. The van der Waals surface area contributed by atoms with E-state index in [1.807, 2.05) is 36.4 Å². The Hall–Kier alpha value is -3.91. The molecule has 8 heteroatoms. The van der Waals surface area contributed by atoms with Gasteiger partial charge in [0.15, 0.2) is 0 Å². The van der Waals surface area contributed by atoms with Gasteiger partial charge in [-0.3, -0.25) is 4.79 Å². The second kappa shape index (κ2) is 10.9. The first kappa shape index (κ1) is 27.6. The van der Waals surface area contributed by atoms with Gasteiger partial charge in [-0.2, -0.15) is 0 Å². The van der Waals surface area contributed by atoms with Gasteiger partial charge in [0, 0.05) is 21.9 Å². The van der Waals surface area contributed by atoms with E-state index in [0.717, 1.165) is 35.3 Å². The van der Waals surface area contributed by atoms with Crippen molar-refractivity contribution in [2.75, 3.05) is 26.6 Å². The summed E-state index contributed by atoms with van der Waals surface area (Å²) in [5.41, 5.74) is 4.08. The van der Waals surface area contributed by atoms with Crippen LogP contribution in [0.4, 0.5) is 5.00 Å². The highest BCUT2D eigenvalue weighted by Gasteiger charge is 2.34. The average Bonchev–Trinajstić information content (AvgIpc) is 3.32. The van der Waals surface area contributed by atoms with Crippen LogP contribution in [0.2, 0.25) is 0 Å². The number of amides is 1. The van der Waals surface area contributed by atoms with Gasteiger partial charge in [0.1, 0.15) is 16.5 Å². The summed E-state index contributed by atoms with van der Waals surface area (Å²) in [6.45, 7) is 6.76. The minimum absolute atomic E-state index is 0.158. The molecular weight excluding hydrogens is 524 g/mol. The van der Waals surface area contributed by atoms with Crippen LogP contribution in [0.15, 0.2) is 48.5 Å². The average molecular weight is 559 g/mol. The molecule has 2 aromatic carbocycles. The van der Waals surface area contributed by atoms with Gasteiger partial charge in [-0.25, -0.2) is 9.78 Å². The van der Waals surface area contributed by atoms with Gasteiger partial charge in [0.25, 0.3) is 5.91 Å². The molecule has 0 unspecified atom stereocenters. The molecule has 40 heavy (non-hydrogen) atoms. The number of pyridine rings is 1. The van der Waals surface area contributed by atoms with Crippen LogP contribution >= 0.6 is 11.3 Å². The number of carbonyl (C=O) groups is 2. The zero-order chi connectivity index (χ0) is 28.6. The second-order valence-electron chi connectivity index (χ2n) is 11.1. The van der Waals surface area contributed by atoms with Gasteiger partial charge < -0.3 is 19.5 Å². The molecule has 4 aromatic rings. The fourth-order valence-corrected chi connectivity index (χ4v) is 6.72. The molecule has 7 nitrogen and oxygen atoms in total. The maximum absolute atomic E-state index is 13.9. The number of benzene rings is 2. The van der Waals surface area contributed by atoms with Crippen molar-refractivity contribution in [3.8, 4) is 22.8 Å². The third-order valence-corrected chi connectivity index (χ3v) is 8.92. The van der Waals surface area contributed by atoms with Crippen LogP contribution in [-0.2, 0) is 17.6 Å². The molecule has 0 aliphatic heterocycles. The van der Waals surface area contributed by atoms with Crippen LogP contribution in [-0.4, -0.2) is 38.2 Å². The zero-order valence-corrected chi connectivity index (χ0v) is 24.5. The van der Waals surface area contributed by atoms with Crippen molar-refractivity contribution in [2.24, 2.45) is 11.3 Å². The Labute approximate surface area is 238 Å². The summed E-state index contributed by atoms with van der Waals surface area (Å²) in [5.74, 6) is 0.999. The van der Waals surface area contributed by atoms with E-state index in [-0.39, 0.29) is 11.3 Å². The van der Waals surface area contributed by atoms with Gasteiger partial charge in [-0.15, -0.1) is 11.3 Å². The number of nitrogens with zero attached hydrogens (tertiary/aromatic N) is 1. The number of fused-ring (bicyclic) bond motifs is 2. The number of carbonyl (C=O) groups excluding carboxylic acids is 2. The fourth-order valence-electron chi connectivity index (χ4n) is 5.41. The molecule has 1 N–H and O–H groups in total. The summed E-state index contributed by atoms with van der Waals surface area (Å²) in [7, 11) is 4.56. The minimum Gasteiger partial charge on any atom is -0.497 e. The maximum Gasteiger partial charge on any atom is 0.341 e. The molecule has 1 atom stereocenters. The Morgan fingerprint density at radius 2 is 1.80 bits per heavy atom. The second-order valence-corrected chi connectivity index (χ2v) is 12.2. The van der Waals surface area contributed by atoms with E-state index >= 15 is 0 Å². The quantitative estimate of drug-likeness (QED) is 0.253. The van der Waals surface area contributed by atoms with E-state index in [1.165, 1.54) is 18.4 Å². The topological polar surface area (TPSA) is 86.8 Å². The molecule has 2 aromatic heterocycles. The fraction of sp³-hybridized carbons (Fsp3) is 0.344. The molecule has 0 fully saturated rings. The van der Waals surface area contributed by atoms with Crippen LogP contribution in [0.25, 0.3) is 22.2 Å². The number of aromatic nitrogens is 1. The highest BCUT2D eigenvalue weighted by Crippen LogP contribution is 2.45. The summed E-state index contributed by atoms with van der Waals surface area (Å²) >= 11 is 1.48. The normalized spacial score (nSPS) is 14.9. The van der Waals surface area contributed by atoms with E-state index in [1.54, 1.807) is 26.4 Å². The third kappa shape index (κ3) is 5.16. The van der Waals surface area contributed by atoms with Crippen LogP contribution in [0.5, 0.6) is 11.5 Å². The number of rotatable bonds is 6. The van der Waals surface area contributed by atoms with Gasteiger partial charge in [0.2, 0.25) is 0 Å². The summed E-state index contributed by atoms with van der Waals surface area (Å²) in [6.07, 6.45) is 2.66. The number of para-hydroxylation sites is 1. The summed E-state index contributed by atoms with van der Waals surface area (Å²) in [5, 5.41) is 4.31. The first-order valence-electron chi connectivity index (χ1n) is 13.3. The van der Waals surface area contributed by atoms with Crippen molar-refractivity contribution in [2.45, 2.75) is 40.0 Å². The zero-order valence-electron chi connectivity index (χ0n) is 23.7. The molecule has 1 aliphatic carbocycles. The lowest BCUT2D eigenvalue weighted by Crippen LogP contribution is -2.26. The first-order valence-corrected chi connectivity index (χ1v) is 14.1. The Kier molecular flexibility index (Phi) is 7.55. The maximum atomic E-state index is 13.9. The van der Waals surface area contributed by atoms with Gasteiger partial charge >= 0.3 is 5.97 Å². The molecule has 208 valence electrons. The van der Waals surface area contributed by atoms with E-state index in [4.69, 9.17) is 19.2 Å². The molecular formula is C32H34N2O5S. The highest BCUT2D eigenvalue weighted by atomic mass is 32.1.